The molecular formula is C16H24Cl2N2. The van der Waals surface area contributed by atoms with Crippen LogP contribution in [0.4, 0.5) is 0 Å². The number of halogens is 2. The summed E-state index contributed by atoms with van der Waals surface area (Å²) < 4.78 is 0. The summed E-state index contributed by atoms with van der Waals surface area (Å²) in [5, 5.41) is 4.94. The summed E-state index contributed by atoms with van der Waals surface area (Å²) in [4.78, 5) is 2.45. The molecule has 0 aromatic heterocycles. The molecule has 0 saturated heterocycles. The normalized spacial score (nSPS) is 24.9. The van der Waals surface area contributed by atoms with Crippen LogP contribution in [0.5, 0.6) is 0 Å². The number of nitrogens with zero attached hydrogens (tertiary/aromatic N) is 1. The van der Waals surface area contributed by atoms with E-state index in [4.69, 9.17) is 23.2 Å². The fourth-order valence-electron chi connectivity index (χ4n) is 3.14. The Bertz CT molecular complexity index is 442. The fraction of sp³-hybridized carbons (Fsp3) is 0.625. The SMILES string of the molecule is CNC1CCC(N(C)C(C)c2cc(Cl)ccc2Cl)CC1. The number of benzene rings is 1. The van der Waals surface area contributed by atoms with Gasteiger partial charge < -0.3 is 5.32 Å². The van der Waals surface area contributed by atoms with E-state index < -0.39 is 0 Å². The van der Waals surface area contributed by atoms with E-state index in [1.165, 1.54) is 25.7 Å². The first-order chi connectivity index (χ1) is 9.52. The van der Waals surface area contributed by atoms with Crippen LogP contribution >= 0.6 is 23.2 Å². The van der Waals surface area contributed by atoms with E-state index in [0.717, 1.165) is 15.6 Å². The maximum Gasteiger partial charge on any atom is 0.0454 e. The average molecular weight is 315 g/mol. The maximum absolute atomic E-state index is 6.32. The lowest BCUT2D eigenvalue weighted by atomic mass is 9.89. The summed E-state index contributed by atoms with van der Waals surface area (Å²) in [7, 11) is 4.26. The third kappa shape index (κ3) is 3.67. The van der Waals surface area contributed by atoms with Crippen LogP contribution in [0.25, 0.3) is 0 Å². The zero-order valence-electron chi connectivity index (χ0n) is 12.5. The van der Waals surface area contributed by atoms with Crippen molar-refractivity contribution < 1.29 is 0 Å². The number of hydrogen-bond acceptors (Lipinski definition) is 2. The minimum absolute atomic E-state index is 0.289. The molecule has 1 saturated carbocycles. The smallest absolute Gasteiger partial charge is 0.0454 e. The van der Waals surface area contributed by atoms with E-state index in [2.05, 4.69) is 31.2 Å². The molecule has 112 valence electrons. The Balaban J connectivity index is 2.05. The molecule has 0 radical (unpaired) electrons. The van der Waals surface area contributed by atoms with E-state index in [1.807, 2.05) is 18.2 Å². The van der Waals surface area contributed by atoms with Crippen molar-refractivity contribution in [3.05, 3.63) is 33.8 Å². The highest BCUT2D eigenvalue weighted by atomic mass is 35.5. The van der Waals surface area contributed by atoms with Gasteiger partial charge in [0.25, 0.3) is 0 Å². The fourth-order valence-corrected chi connectivity index (χ4v) is 3.60. The lowest BCUT2D eigenvalue weighted by Gasteiger charge is -2.38. The predicted octanol–water partition coefficient (Wildman–Crippen LogP) is 4.52. The van der Waals surface area contributed by atoms with Gasteiger partial charge in [-0.3, -0.25) is 4.90 Å². The Morgan fingerprint density at radius 1 is 1.20 bits per heavy atom. The highest BCUT2D eigenvalue weighted by molar-refractivity contribution is 6.33. The van der Waals surface area contributed by atoms with Crippen LogP contribution in [0.2, 0.25) is 10.0 Å². The molecule has 1 aromatic carbocycles. The molecule has 1 N–H and O–H groups in total. The van der Waals surface area contributed by atoms with Crippen molar-refractivity contribution in [2.75, 3.05) is 14.1 Å². The van der Waals surface area contributed by atoms with E-state index in [-0.39, 0.29) is 6.04 Å². The summed E-state index contributed by atoms with van der Waals surface area (Å²) >= 11 is 12.4. The molecule has 0 aliphatic heterocycles. The summed E-state index contributed by atoms with van der Waals surface area (Å²) in [6.45, 7) is 2.21. The summed E-state index contributed by atoms with van der Waals surface area (Å²) in [6.07, 6.45) is 4.98. The van der Waals surface area contributed by atoms with Crippen LogP contribution in [0, 0.1) is 0 Å². The van der Waals surface area contributed by atoms with Gasteiger partial charge in [-0.1, -0.05) is 23.2 Å². The van der Waals surface area contributed by atoms with Crippen LogP contribution in [0.1, 0.15) is 44.2 Å². The molecule has 4 heteroatoms. The van der Waals surface area contributed by atoms with Gasteiger partial charge in [-0.25, -0.2) is 0 Å². The number of rotatable bonds is 4. The first-order valence-corrected chi connectivity index (χ1v) is 8.12. The van der Waals surface area contributed by atoms with E-state index in [9.17, 15) is 0 Å². The van der Waals surface area contributed by atoms with Crippen molar-refractivity contribution in [1.29, 1.82) is 0 Å². The number of hydrogen-bond donors (Lipinski definition) is 1. The van der Waals surface area contributed by atoms with Crippen LogP contribution in [0.15, 0.2) is 18.2 Å². The number of nitrogens with one attached hydrogen (secondary N) is 1. The quantitative estimate of drug-likeness (QED) is 0.879. The molecule has 1 aliphatic carbocycles. The van der Waals surface area contributed by atoms with Gasteiger partial charge in [0.15, 0.2) is 0 Å². The van der Waals surface area contributed by atoms with Crippen molar-refractivity contribution in [2.24, 2.45) is 0 Å². The molecule has 2 nitrogen and oxygen atoms in total. The minimum atomic E-state index is 0.289. The second kappa shape index (κ2) is 7.13. The third-order valence-electron chi connectivity index (χ3n) is 4.70. The Morgan fingerprint density at radius 2 is 1.85 bits per heavy atom. The van der Waals surface area contributed by atoms with E-state index >= 15 is 0 Å². The molecule has 20 heavy (non-hydrogen) atoms. The van der Waals surface area contributed by atoms with Crippen molar-refractivity contribution in [1.82, 2.24) is 10.2 Å². The molecule has 2 rings (SSSR count). The Labute approximate surface area is 132 Å². The monoisotopic (exact) mass is 314 g/mol. The summed E-state index contributed by atoms with van der Waals surface area (Å²) in [5.74, 6) is 0. The molecular weight excluding hydrogens is 291 g/mol. The van der Waals surface area contributed by atoms with Crippen molar-refractivity contribution in [3.63, 3.8) is 0 Å². The summed E-state index contributed by atoms with van der Waals surface area (Å²) in [6, 6.07) is 7.33. The molecule has 1 unspecified atom stereocenters. The zero-order valence-corrected chi connectivity index (χ0v) is 14.0. The third-order valence-corrected chi connectivity index (χ3v) is 5.28. The molecule has 1 fully saturated rings. The highest BCUT2D eigenvalue weighted by Crippen LogP contribution is 2.33. The van der Waals surface area contributed by atoms with Crippen LogP contribution in [-0.2, 0) is 0 Å². The van der Waals surface area contributed by atoms with E-state index in [0.29, 0.717) is 12.1 Å². The largest absolute Gasteiger partial charge is 0.317 e. The lowest BCUT2D eigenvalue weighted by Crippen LogP contribution is -2.40. The van der Waals surface area contributed by atoms with E-state index in [1.54, 1.807) is 0 Å². The zero-order chi connectivity index (χ0) is 14.7. The second-order valence-electron chi connectivity index (χ2n) is 5.80. The Kier molecular flexibility index (Phi) is 5.74. The Hall–Kier alpha value is -0.280. The van der Waals surface area contributed by atoms with Gasteiger partial charge in [-0.05, 0) is 70.5 Å². The average Bonchev–Trinajstić information content (AvgIpc) is 2.48. The highest BCUT2D eigenvalue weighted by Gasteiger charge is 2.27. The molecule has 0 heterocycles. The molecule has 1 aliphatic rings. The lowest BCUT2D eigenvalue weighted by molar-refractivity contribution is 0.136. The van der Waals surface area contributed by atoms with Gasteiger partial charge in [-0.2, -0.15) is 0 Å². The van der Waals surface area contributed by atoms with Crippen molar-refractivity contribution in [2.45, 2.75) is 50.7 Å². The van der Waals surface area contributed by atoms with Gasteiger partial charge in [-0.15, -0.1) is 0 Å². The first kappa shape index (κ1) is 16.1. The van der Waals surface area contributed by atoms with Gasteiger partial charge >= 0.3 is 0 Å². The topological polar surface area (TPSA) is 15.3 Å². The van der Waals surface area contributed by atoms with Crippen molar-refractivity contribution in [3.8, 4) is 0 Å². The molecule has 1 atom stereocenters. The Morgan fingerprint density at radius 3 is 2.45 bits per heavy atom. The van der Waals surface area contributed by atoms with Gasteiger partial charge in [0, 0.05) is 28.2 Å². The summed E-state index contributed by atoms with van der Waals surface area (Å²) in [5.41, 5.74) is 1.12. The molecule has 0 spiro atoms. The first-order valence-electron chi connectivity index (χ1n) is 7.37. The second-order valence-corrected chi connectivity index (χ2v) is 6.65. The van der Waals surface area contributed by atoms with Gasteiger partial charge in [0.2, 0.25) is 0 Å². The van der Waals surface area contributed by atoms with Crippen molar-refractivity contribution >= 4 is 23.2 Å². The molecule has 0 bridgehead atoms. The van der Waals surface area contributed by atoms with Crippen LogP contribution in [0.3, 0.4) is 0 Å². The van der Waals surface area contributed by atoms with Gasteiger partial charge in [0.1, 0.15) is 0 Å². The predicted molar refractivity (Wildman–Crippen MR) is 87.7 cm³/mol. The molecule has 1 aromatic rings. The standard InChI is InChI=1S/C16H24Cl2N2/c1-11(15-10-12(17)4-9-16(15)18)20(3)14-7-5-13(19-2)6-8-14/h4,9-11,13-14,19H,5-8H2,1-3H3. The minimum Gasteiger partial charge on any atom is -0.317 e. The van der Waals surface area contributed by atoms with Gasteiger partial charge in [0.05, 0.1) is 0 Å². The van der Waals surface area contributed by atoms with Crippen LogP contribution < -0.4 is 5.32 Å². The van der Waals surface area contributed by atoms with Crippen LogP contribution in [-0.4, -0.2) is 31.1 Å². The maximum atomic E-state index is 6.32. The molecule has 0 amide bonds.